The molecule has 94 valence electrons. The fraction of sp³-hybridized carbons (Fsp3) is 0.727. The average molecular weight is 255 g/mol. The summed E-state index contributed by atoms with van der Waals surface area (Å²) in [5, 5.41) is 10.2. The molecule has 0 radical (unpaired) electrons. The lowest BCUT2D eigenvalue weighted by molar-refractivity contribution is -0.142. The Labute approximate surface area is 105 Å². The van der Waals surface area contributed by atoms with Crippen LogP contribution in [-0.2, 0) is 4.79 Å². The van der Waals surface area contributed by atoms with Gasteiger partial charge in [-0.15, -0.1) is 0 Å². The third-order valence-electron chi connectivity index (χ3n) is 3.27. The van der Waals surface area contributed by atoms with Crippen molar-refractivity contribution in [1.29, 1.82) is 0 Å². The SMILES string of the molecule is Cc1nsc(N2CCCC(C)(C)C2C(=O)O)n1. The van der Waals surface area contributed by atoms with Gasteiger partial charge in [-0.2, -0.15) is 4.37 Å². The van der Waals surface area contributed by atoms with Crippen LogP contribution in [0.4, 0.5) is 5.13 Å². The molecular formula is C11H17N3O2S. The summed E-state index contributed by atoms with van der Waals surface area (Å²) in [5.74, 6) is -0.0694. The van der Waals surface area contributed by atoms with E-state index in [9.17, 15) is 9.90 Å². The number of hydrogen-bond acceptors (Lipinski definition) is 5. The van der Waals surface area contributed by atoms with Gasteiger partial charge in [-0.25, -0.2) is 9.78 Å². The van der Waals surface area contributed by atoms with E-state index in [0.29, 0.717) is 5.82 Å². The Hall–Kier alpha value is -1.17. The van der Waals surface area contributed by atoms with Gasteiger partial charge in [-0.3, -0.25) is 0 Å². The summed E-state index contributed by atoms with van der Waals surface area (Å²) in [7, 11) is 0. The average Bonchev–Trinajstić information content (AvgIpc) is 2.62. The van der Waals surface area contributed by atoms with Crippen molar-refractivity contribution < 1.29 is 9.90 Å². The van der Waals surface area contributed by atoms with Gasteiger partial charge in [-0.1, -0.05) is 13.8 Å². The molecule has 5 nitrogen and oxygen atoms in total. The molecule has 0 aliphatic carbocycles. The molecule has 1 aliphatic heterocycles. The van der Waals surface area contributed by atoms with Gasteiger partial charge < -0.3 is 10.0 Å². The van der Waals surface area contributed by atoms with Crippen LogP contribution in [0.5, 0.6) is 0 Å². The smallest absolute Gasteiger partial charge is 0.326 e. The van der Waals surface area contributed by atoms with Crippen molar-refractivity contribution in [2.24, 2.45) is 5.41 Å². The Morgan fingerprint density at radius 3 is 2.82 bits per heavy atom. The van der Waals surface area contributed by atoms with E-state index >= 15 is 0 Å². The van der Waals surface area contributed by atoms with Crippen LogP contribution in [0.15, 0.2) is 0 Å². The number of aliphatic carboxylic acids is 1. The minimum Gasteiger partial charge on any atom is -0.480 e. The molecule has 2 rings (SSSR count). The van der Waals surface area contributed by atoms with Crippen LogP contribution in [0.25, 0.3) is 0 Å². The van der Waals surface area contributed by atoms with E-state index in [0.717, 1.165) is 24.5 Å². The number of nitrogens with zero attached hydrogens (tertiary/aromatic N) is 3. The standard InChI is InChI=1S/C11H17N3O2S/c1-7-12-10(17-13-7)14-6-4-5-11(2,3)8(14)9(15)16/h8H,4-6H2,1-3H3,(H,15,16). The maximum atomic E-state index is 11.5. The van der Waals surface area contributed by atoms with Gasteiger partial charge in [0, 0.05) is 18.1 Å². The second-order valence-electron chi connectivity index (χ2n) is 5.15. The van der Waals surface area contributed by atoms with Gasteiger partial charge >= 0.3 is 5.97 Å². The minimum atomic E-state index is -0.775. The number of carboxylic acids is 1. The fourth-order valence-electron chi connectivity index (χ4n) is 2.47. The molecular weight excluding hydrogens is 238 g/mol. The molecule has 2 heterocycles. The Balaban J connectivity index is 2.34. The number of anilines is 1. The summed E-state index contributed by atoms with van der Waals surface area (Å²) in [5.41, 5.74) is -0.232. The molecule has 1 fully saturated rings. The van der Waals surface area contributed by atoms with Crippen LogP contribution in [0, 0.1) is 12.3 Å². The largest absolute Gasteiger partial charge is 0.480 e. The highest BCUT2D eigenvalue weighted by atomic mass is 32.1. The normalized spacial score (nSPS) is 23.7. The maximum Gasteiger partial charge on any atom is 0.326 e. The number of aryl methyl sites for hydroxylation is 1. The lowest BCUT2D eigenvalue weighted by Gasteiger charge is -2.43. The van der Waals surface area contributed by atoms with Crippen LogP contribution in [-0.4, -0.2) is 33.0 Å². The van der Waals surface area contributed by atoms with Crippen molar-refractivity contribution in [2.45, 2.75) is 39.7 Å². The highest BCUT2D eigenvalue weighted by Gasteiger charge is 2.43. The number of carboxylic acid groups (broad SMARTS) is 1. The topological polar surface area (TPSA) is 66.3 Å². The zero-order valence-electron chi connectivity index (χ0n) is 10.3. The summed E-state index contributed by atoms with van der Waals surface area (Å²) in [6, 6.07) is -0.511. The van der Waals surface area contributed by atoms with Crippen LogP contribution in [0.2, 0.25) is 0 Å². The molecule has 1 atom stereocenters. The minimum absolute atomic E-state index is 0.232. The Bertz CT molecular complexity index is 430. The first-order valence-corrected chi connectivity index (χ1v) is 6.49. The molecule has 1 N–H and O–H groups in total. The molecule has 0 saturated carbocycles. The van der Waals surface area contributed by atoms with Crippen molar-refractivity contribution >= 4 is 22.6 Å². The summed E-state index contributed by atoms with van der Waals surface area (Å²) >= 11 is 1.28. The molecule has 0 spiro atoms. The van der Waals surface area contributed by atoms with E-state index in [1.807, 2.05) is 25.7 Å². The highest BCUT2D eigenvalue weighted by Crippen LogP contribution is 2.38. The molecule has 1 aliphatic rings. The second kappa shape index (κ2) is 4.25. The summed E-state index contributed by atoms with van der Waals surface area (Å²) in [6.45, 7) is 6.58. The van der Waals surface area contributed by atoms with Crippen molar-refractivity contribution in [3.05, 3.63) is 5.82 Å². The molecule has 1 aromatic heterocycles. The predicted octanol–water partition coefficient (Wildman–Crippen LogP) is 1.93. The number of piperidine rings is 1. The van der Waals surface area contributed by atoms with Gasteiger partial charge in [-0.05, 0) is 25.2 Å². The quantitative estimate of drug-likeness (QED) is 0.874. The Morgan fingerprint density at radius 1 is 1.59 bits per heavy atom. The lowest BCUT2D eigenvalue weighted by Crippen LogP contribution is -2.54. The van der Waals surface area contributed by atoms with Crippen LogP contribution in [0.1, 0.15) is 32.5 Å². The van der Waals surface area contributed by atoms with E-state index in [2.05, 4.69) is 9.36 Å². The third-order valence-corrected chi connectivity index (χ3v) is 4.11. The van der Waals surface area contributed by atoms with Gasteiger partial charge in [0.05, 0.1) is 0 Å². The monoisotopic (exact) mass is 255 g/mol. The van der Waals surface area contributed by atoms with Crippen molar-refractivity contribution in [1.82, 2.24) is 9.36 Å². The number of carbonyl (C=O) groups is 1. The first kappa shape index (κ1) is 12.3. The van der Waals surface area contributed by atoms with E-state index < -0.39 is 12.0 Å². The molecule has 0 amide bonds. The lowest BCUT2D eigenvalue weighted by atomic mass is 9.76. The maximum absolute atomic E-state index is 11.5. The van der Waals surface area contributed by atoms with E-state index in [1.54, 1.807) is 0 Å². The van der Waals surface area contributed by atoms with Crippen LogP contribution in [0.3, 0.4) is 0 Å². The summed E-state index contributed by atoms with van der Waals surface area (Å²) < 4.78 is 4.13. The summed E-state index contributed by atoms with van der Waals surface area (Å²) in [6.07, 6.45) is 1.92. The van der Waals surface area contributed by atoms with Crippen LogP contribution >= 0.6 is 11.5 Å². The third kappa shape index (κ3) is 2.26. The van der Waals surface area contributed by atoms with Gasteiger partial charge in [0.25, 0.3) is 0 Å². The van der Waals surface area contributed by atoms with Crippen LogP contribution < -0.4 is 4.90 Å². The molecule has 1 unspecified atom stereocenters. The highest BCUT2D eigenvalue weighted by molar-refractivity contribution is 7.09. The van der Waals surface area contributed by atoms with E-state index in [-0.39, 0.29) is 5.41 Å². The molecule has 1 saturated heterocycles. The predicted molar refractivity (Wildman–Crippen MR) is 66.4 cm³/mol. The molecule has 1 aromatic rings. The molecule has 0 bridgehead atoms. The zero-order chi connectivity index (χ0) is 12.6. The number of rotatable bonds is 2. The fourth-order valence-corrected chi connectivity index (χ4v) is 3.20. The van der Waals surface area contributed by atoms with Crippen molar-refractivity contribution in [3.63, 3.8) is 0 Å². The van der Waals surface area contributed by atoms with Gasteiger partial charge in [0.1, 0.15) is 11.9 Å². The Kier molecular flexibility index (Phi) is 3.07. The first-order valence-electron chi connectivity index (χ1n) is 5.71. The van der Waals surface area contributed by atoms with Gasteiger partial charge in [0.2, 0.25) is 5.13 Å². The molecule has 0 aromatic carbocycles. The van der Waals surface area contributed by atoms with Crippen molar-refractivity contribution in [3.8, 4) is 0 Å². The molecule has 17 heavy (non-hydrogen) atoms. The van der Waals surface area contributed by atoms with E-state index in [1.165, 1.54) is 11.5 Å². The second-order valence-corrected chi connectivity index (χ2v) is 5.88. The summed E-state index contributed by atoms with van der Waals surface area (Å²) in [4.78, 5) is 17.7. The zero-order valence-corrected chi connectivity index (χ0v) is 11.1. The number of aromatic nitrogens is 2. The first-order chi connectivity index (χ1) is 7.92. The van der Waals surface area contributed by atoms with Gasteiger partial charge in [0.15, 0.2) is 0 Å². The Morgan fingerprint density at radius 2 is 2.29 bits per heavy atom. The van der Waals surface area contributed by atoms with E-state index in [4.69, 9.17) is 0 Å². The molecule has 6 heteroatoms. The van der Waals surface area contributed by atoms with Crippen molar-refractivity contribution in [2.75, 3.05) is 11.4 Å². The number of hydrogen-bond donors (Lipinski definition) is 1.